The SMILES string of the molecule is CCCCCCCCC(=O)C12CC3CC(CC(C3)C1)C2. The molecule has 4 saturated carbocycles. The molecule has 4 aliphatic rings. The highest BCUT2D eigenvalue weighted by molar-refractivity contribution is 5.85. The molecule has 0 N–H and O–H groups in total. The molecule has 0 amide bonds. The molecule has 0 spiro atoms. The van der Waals surface area contributed by atoms with Crippen molar-refractivity contribution in [3.63, 3.8) is 0 Å². The van der Waals surface area contributed by atoms with Gasteiger partial charge in [-0.15, -0.1) is 0 Å². The fourth-order valence-electron chi connectivity index (χ4n) is 5.78. The number of hydrogen-bond acceptors (Lipinski definition) is 1. The van der Waals surface area contributed by atoms with Crippen molar-refractivity contribution in [2.45, 2.75) is 90.4 Å². The highest BCUT2D eigenvalue weighted by atomic mass is 16.1. The van der Waals surface area contributed by atoms with Gasteiger partial charge in [0.25, 0.3) is 0 Å². The van der Waals surface area contributed by atoms with Gasteiger partial charge in [0.05, 0.1) is 0 Å². The lowest BCUT2D eigenvalue weighted by Gasteiger charge is -2.56. The first-order valence-electron chi connectivity index (χ1n) is 9.25. The fraction of sp³-hybridized carbons (Fsp3) is 0.947. The Hall–Kier alpha value is -0.330. The number of ketones is 1. The van der Waals surface area contributed by atoms with E-state index < -0.39 is 0 Å². The van der Waals surface area contributed by atoms with E-state index in [-0.39, 0.29) is 5.41 Å². The minimum atomic E-state index is 0.165. The lowest BCUT2D eigenvalue weighted by molar-refractivity contribution is -0.144. The number of unbranched alkanes of at least 4 members (excludes halogenated alkanes) is 5. The summed E-state index contributed by atoms with van der Waals surface area (Å²) >= 11 is 0. The Morgan fingerprint density at radius 1 is 0.850 bits per heavy atom. The van der Waals surface area contributed by atoms with Gasteiger partial charge in [-0.1, -0.05) is 39.0 Å². The standard InChI is InChI=1S/C19H32O/c1-2-3-4-5-6-7-8-18(20)19-12-15-9-16(13-19)11-17(10-15)14-19/h15-17H,2-14H2,1H3. The second-order valence-electron chi connectivity index (χ2n) is 8.14. The predicted molar refractivity (Wildman–Crippen MR) is 83.6 cm³/mol. The quantitative estimate of drug-likeness (QED) is 0.533. The third-order valence-electron chi connectivity index (χ3n) is 6.39. The second-order valence-corrected chi connectivity index (χ2v) is 8.14. The van der Waals surface area contributed by atoms with Crippen LogP contribution < -0.4 is 0 Å². The zero-order valence-corrected chi connectivity index (χ0v) is 13.3. The van der Waals surface area contributed by atoms with Crippen LogP contribution in [0.3, 0.4) is 0 Å². The largest absolute Gasteiger partial charge is 0.299 e. The van der Waals surface area contributed by atoms with Gasteiger partial charge in [-0.3, -0.25) is 4.79 Å². The van der Waals surface area contributed by atoms with E-state index in [9.17, 15) is 4.79 Å². The van der Waals surface area contributed by atoms with E-state index in [0.717, 1.165) is 30.6 Å². The van der Waals surface area contributed by atoms with E-state index in [1.807, 2.05) is 0 Å². The van der Waals surface area contributed by atoms with Crippen LogP contribution in [0.5, 0.6) is 0 Å². The van der Waals surface area contributed by atoms with Crippen molar-refractivity contribution in [3.8, 4) is 0 Å². The third-order valence-corrected chi connectivity index (χ3v) is 6.39. The average Bonchev–Trinajstić information content (AvgIpc) is 2.41. The molecule has 0 heterocycles. The van der Waals surface area contributed by atoms with Crippen LogP contribution in [-0.4, -0.2) is 5.78 Å². The van der Waals surface area contributed by atoms with Crippen molar-refractivity contribution >= 4 is 5.78 Å². The molecule has 4 bridgehead atoms. The molecule has 0 atom stereocenters. The van der Waals surface area contributed by atoms with Crippen LogP contribution in [0.1, 0.15) is 90.4 Å². The van der Waals surface area contributed by atoms with E-state index in [4.69, 9.17) is 0 Å². The maximum Gasteiger partial charge on any atom is 0.139 e. The zero-order valence-electron chi connectivity index (χ0n) is 13.3. The molecular formula is C19H32O. The number of carbonyl (C=O) groups excluding carboxylic acids is 1. The van der Waals surface area contributed by atoms with E-state index in [0.29, 0.717) is 5.78 Å². The Labute approximate surface area is 124 Å². The van der Waals surface area contributed by atoms with Gasteiger partial charge in [0.15, 0.2) is 0 Å². The molecule has 20 heavy (non-hydrogen) atoms. The zero-order chi connectivity index (χ0) is 14.0. The van der Waals surface area contributed by atoms with Crippen LogP contribution in [0.25, 0.3) is 0 Å². The van der Waals surface area contributed by atoms with Gasteiger partial charge >= 0.3 is 0 Å². The summed E-state index contributed by atoms with van der Waals surface area (Å²) in [5.41, 5.74) is 0.165. The molecule has 4 rings (SSSR count). The Kier molecular flexibility index (Phi) is 4.52. The fourth-order valence-corrected chi connectivity index (χ4v) is 5.78. The molecule has 0 unspecified atom stereocenters. The summed E-state index contributed by atoms with van der Waals surface area (Å²) in [6.45, 7) is 2.26. The second kappa shape index (κ2) is 6.20. The monoisotopic (exact) mass is 276 g/mol. The maximum atomic E-state index is 12.8. The summed E-state index contributed by atoms with van der Waals surface area (Å²) in [5.74, 6) is 3.39. The highest BCUT2D eigenvalue weighted by Crippen LogP contribution is 2.60. The summed E-state index contributed by atoms with van der Waals surface area (Å²) in [6, 6.07) is 0. The molecular weight excluding hydrogens is 244 g/mol. The predicted octanol–water partition coefficient (Wildman–Crippen LogP) is 5.52. The average molecular weight is 276 g/mol. The lowest BCUT2D eigenvalue weighted by atomic mass is 9.48. The van der Waals surface area contributed by atoms with Crippen LogP contribution >= 0.6 is 0 Å². The lowest BCUT2D eigenvalue weighted by Crippen LogP contribution is -2.49. The van der Waals surface area contributed by atoms with Crippen molar-refractivity contribution < 1.29 is 4.79 Å². The number of carbonyl (C=O) groups is 1. The summed E-state index contributed by atoms with van der Waals surface area (Å²) in [4.78, 5) is 12.8. The van der Waals surface area contributed by atoms with Gasteiger partial charge in [-0.05, 0) is 62.7 Å². The van der Waals surface area contributed by atoms with Crippen molar-refractivity contribution in [2.24, 2.45) is 23.2 Å². The minimum Gasteiger partial charge on any atom is -0.299 e. The Morgan fingerprint density at radius 3 is 1.90 bits per heavy atom. The van der Waals surface area contributed by atoms with Gasteiger partial charge in [0.1, 0.15) is 5.78 Å². The molecule has 1 nitrogen and oxygen atoms in total. The molecule has 4 fully saturated rings. The molecule has 4 aliphatic carbocycles. The first-order valence-corrected chi connectivity index (χ1v) is 9.25. The minimum absolute atomic E-state index is 0.165. The molecule has 0 aromatic carbocycles. The Balaban J connectivity index is 1.45. The van der Waals surface area contributed by atoms with E-state index in [1.54, 1.807) is 0 Å². The number of Topliss-reactive ketones (excluding diaryl/α,β-unsaturated/α-hetero) is 1. The summed E-state index contributed by atoms with van der Waals surface area (Å²) in [5, 5.41) is 0. The third kappa shape index (κ3) is 2.97. The van der Waals surface area contributed by atoms with Crippen molar-refractivity contribution in [3.05, 3.63) is 0 Å². The van der Waals surface area contributed by atoms with Crippen LogP contribution in [-0.2, 0) is 4.79 Å². The summed E-state index contributed by atoms with van der Waals surface area (Å²) in [7, 11) is 0. The van der Waals surface area contributed by atoms with E-state index >= 15 is 0 Å². The van der Waals surface area contributed by atoms with E-state index in [2.05, 4.69) is 6.92 Å². The van der Waals surface area contributed by atoms with Crippen molar-refractivity contribution in [2.75, 3.05) is 0 Å². The summed E-state index contributed by atoms with van der Waals surface area (Å²) in [6.07, 6.45) is 16.8. The van der Waals surface area contributed by atoms with Gasteiger partial charge in [0, 0.05) is 11.8 Å². The summed E-state index contributed by atoms with van der Waals surface area (Å²) < 4.78 is 0. The topological polar surface area (TPSA) is 17.1 Å². The molecule has 0 aliphatic heterocycles. The van der Waals surface area contributed by atoms with Crippen LogP contribution in [0, 0.1) is 23.2 Å². The Bertz CT molecular complexity index is 308. The molecule has 0 aromatic rings. The molecule has 1 heteroatoms. The van der Waals surface area contributed by atoms with Gasteiger partial charge in [0.2, 0.25) is 0 Å². The molecule has 0 aromatic heterocycles. The van der Waals surface area contributed by atoms with Crippen LogP contribution in [0.15, 0.2) is 0 Å². The van der Waals surface area contributed by atoms with Crippen molar-refractivity contribution in [1.29, 1.82) is 0 Å². The number of rotatable bonds is 8. The van der Waals surface area contributed by atoms with Crippen molar-refractivity contribution in [1.82, 2.24) is 0 Å². The van der Waals surface area contributed by atoms with E-state index in [1.165, 1.54) is 70.6 Å². The molecule has 0 radical (unpaired) electrons. The highest BCUT2D eigenvalue weighted by Gasteiger charge is 2.53. The van der Waals surface area contributed by atoms with Crippen LogP contribution in [0.4, 0.5) is 0 Å². The first-order chi connectivity index (χ1) is 9.72. The smallest absolute Gasteiger partial charge is 0.139 e. The number of hydrogen-bond donors (Lipinski definition) is 0. The molecule has 114 valence electrons. The van der Waals surface area contributed by atoms with Gasteiger partial charge in [-0.25, -0.2) is 0 Å². The Morgan fingerprint density at radius 2 is 1.35 bits per heavy atom. The normalized spacial score (nSPS) is 38.4. The van der Waals surface area contributed by atoms with Gasteiger partial charge < -0.3 is 0 Å². The molecule has 0 saturated heterocycles. The van der Waals surface area contributed by atoms with Gasteiger partial charge in [-0.2, -0.15) is 0 Å². The van der Waals surface area contributed by atoms with Crippen LogP contribution in [0.2, 0.25) is 0 Å². The maximum absolute atomic E-state index is 12.8. The first kappa shape index (κ1) is 14.6.